The zero-order valence-electron chi connectivity index (χ0n) is 20.0. The van der Waals surface area contributed by atoms with Crippen LogP contribution < -0.4 is 15.7 Å². The lowest BCUT2D eigenvalue weighted by Gasteiger charge is -2.31. The van der Waals surface area contributed by atoms with E-state index < -0.39 is 15.6 Å². The molecule has 0 atom stereocenters. The highest BCUT2D eigenvalue weighted by Gasteiger charge is 2.27. The number of aryl methyl sites for hydroxylation is 1. The molecule has 0 bridgehead atoms. The Balaban J connectivity index is 1.40. The lowest BCUT2D eigenvalue weighted by molar-refractivity contribution is -0.116. The molecule has 3 aromatic rings. The number of amides is 1. The monoisotopic (exact) mass is 499 g/mol. The van der Waals surface area contributed by atoms with Gasteiger partial charge in [-0.15, -0.1) is 0 Å². The number of hydrogen-bond acceptors (Lipinski definition) is 7. The maximum atomic E-state index is 12.9. The van der Waals surface area contributed by atoms with Gasteiger partial charge in [0, 0.05) is 55.3 Å². The van der Waals surface area contributed by atoms with Crippen molar-refractivity contribution in [2.75, 3.05) is 45.7 Å². The summed E-state index contributed by atoms with van der Waals surface area (Å²) in [6.45, 7) is 4.12. The van der Waals surface area contributed by atoms with Crippen molar-refractivity contribution in [3.8, 4) is 5.75 Å². The first-order chi connectivity index (χ1) is 16.7. The summed E-state index contributed by atoms with van der Waals surface area (Å²) in [7, 11) is -0.0621. The fraction of sp³-hybridized carbons (Fsp3) is 0.360. The van der Waals surface area contributed by atoms with Crippen LogP contribution in [-0.2, 0) is 21.2 Å². The van der Waals surface area contributed by atoms with Gasteiger partial charge in [-0.05, 0) is 62.4 Å². The standard InChI is InChI=1S/C25H29N3O6S/c1-17-21-9-6-19(33-3)16-23(21)34-25(30)22(17)10-11-24(29)26-18-4-7-20(8-5-18)35(31,32)28-14-12-27(2)13-15-28/h4-9,16H,10-15H2,1-3H3,(H,26,29). The molecular weight excluding hydrogens is 470 g/mol. The number of anilines is 1. The van der Waals surface area contributed by atoms with Gasteiger partial charge in [0.25, 0.3) is 0 Å². The Kier molecular flexibility index (Phi) is 7.25. The summed E-state index contributed by atoms with van der Waals surface area (Å²) in [6, 6.07) is 11.4. The van der Waals surface area contributed by atoms with Gasteiger partial charge in [-0.1, -0.05) is 0 Å². The molecule has 35 heavy (non-hydrogen) atoms. The van der Waals surface area contributed by atoms with Crippen molar-refractivity contribution in [1.29, 1.82) is 0 Å². The first kappa shape index (κ1) is 24.9. The van der Waals surface area contributed by atoms with Crippen molar-refractivity contribution < 1.29 is 22.4 Å². The Morgan fingerprint density at radius 3 is 2.43 bits per heavy atom. The summed E-state index contributed by atoms with van der Waals surface area (Å²) < 4.78 is 37.8. The van der Waals surface area contributed by atoms with Crippen LogP contribution in [0.1, 0.15) is 17.5 Å². The maximum absolute atomic E-state index is 12.9. The van der Waals surface area contributed by atoms with Gasteiger partial charge in [0.2, 0.25) is 15.9 Å². The highest BCUT2D eigenvalue weighted by molar-refractivity contribution is 7.89. The van der Waals surface area contributed by atoms with E-state index >= 15 is 0 Å². The summed E-state index contributed by atoms with van der Waals surface area (Å²) in [5.74, 6) is 0.308. The lowest BCUT2D eigenvalue weighted by atomic mass is 10.0. The molecule has 4 rings (SSSR count). The fourth-order valence-electron chi connectivity index (χ4n) is 4.14. The average Bonchev–Trinajstić information content (AvgIpc) is 2.84. The van der Waals surface area contributed by atoms with E-state index in [0.29, 0.717) is 48.8 Å². The highest BCUT2D eigenvalue weighted by atomic mass is 32.2. The largest absolute Gasteiger partial charge is 0.497 e. The van der Waals surface area contributed by atoms with Crippen LogP contribution in [0.15, 0.2) is 56.6 Å². The molecule has 2 aromatic carbocycles. The summed E-state index contributed by atoms with van der Waals surface area (Å²) >= 11 is 0. The van der Waals surface area contributed by atoms with E-state index in [1.54, 1.807) is 31.4 Å². The van der Waals surface area contributed by atoms with Gasteiger partial charge in [-0.25, -0.2) is 13.2 Å². The summed E-state index contributed by atoms with van der Waals surface area (Å²) in [4.78, 5) is 27.3. The molecule has 1 aliphatic heterocycles. The number of ether oxygens (including phenoxy) is 1. The first-order valence-corrected chi connectivity index (χ1v) is 12.8. The summed E-state index contributed by atoms with van der Waals surface area (Å²) in [6.07, 6.45) is 0.298. The van der Waals surface area contributed by atoms with E-state index in [0.717, 1.165) is 10.9 Å². The van der Waals surface area contributed by atoms with Crippen LogP contribution in [0.25, 0.3) is 11.0 Å². The number of nitrogens with one attached hydrogen (secondary N) is 1. The molecule has 1 saturated heterocycles. The smallest absolute Gasteiger partial charge is 0.339 e. The van der Waals surface area contributed by atoms with Gasteiger partial charge < -0.3 is 19.4 Å². The molecule has 0 unspecified atom stereocenters. The van der Waals surface area contributed by atoms with Gasteiger partial charge in [-0.2, -0.15) is 4.31 Å². The molecular formula is C25H29N3O6S. The number of methoxy groups -OCH3 is 1. The molecule has 1 N–H and O–H groups in total. The van der Waals surface area contributed by atoms with Crippen LogP contribution in [0.2, 0.25) is 0 Å². The average molecular weight is 500 g/mol. The Morgan fingerprint density at radius 1 is 1.09 bits per heavy atom. The van der Waals surface area contributed by atoms with E-state index in [1.807, 2.05) is 20.0 Å². The molecule has 9 nitrogen and oxygen atoms in total. The van der Waals surface area contributed by atoms with Crippen molar-refractivity contribution in [2.45, 2.75) is 24.7 Å². The number of piperazine rings is 1. The number of hydrogen-bond donors (Lipinski definition) is 1. The number of rotatable bonds is 7. The number of benzene rings is 2. The maximum Gasteiger partial charge on any atom is 0.339 e. The third-order valence-corrected chi connectivity index (χ3v) is 8.25. The van der Waals surface area contributed by atoms with Crippen LogP contribution >= 0.6 is 0 Å². The topological polar surface area (TPSA) is 109 Å². The zero-order chi connectivity index (χ0) is 25.2. The Labute approximate surface area is 204 Å². The number of sulfonamides is 1. The normalized spacial score (nSPS) is 15.3. The van der Waals surface area contributed by atoms with Crippen LogP contribution in [0.5, 0.6) is 5.75 Å². The van der Waals surface area contributed by atoms with Crippen molar-refractivity contribution in [3.63, 3.8) is 0 Å². The van der Waals surface area contributed by atoms with Crippen LogP contribution in [0.3, 0.4) is 0 Å². The lowest BCUT2D eigenvalue weighted by Crippen LogP contribution is -2.46. The van der Waals surface area contributed by atoms with Gasteiger partial charge in [0.15, 0.2) is 0 Å². The second-order valence-corrected chi connectivity index (χ2v) is 10.6. The van der Waals surface area contributed by atoms with Gasteiger partial charge in [0.1, 0.15) is 11.3 Å². The quantitative estimate of drug-likeness (QED) is 0.498. The molecule has 10 heteroatoms. The van der Waals surface area contributed by atoms with Crippen LogP contribution in [0.4, 0.5) is 5.69 Å². The predicted molar refractivity (Wildman–Crippen MR) is 133 cm³/mol. The predicted octanol–water partition coefficient (Wildman–Crippen LogP) is 2.62. The Bertz CT molecular complexity index is 1390. The molecule has 0 aliphatic carbocycles. The second kappa shape index (κ2) is 10.2. The molecule has 2 heterocycles. The minimum Gasteiger partial charge on any atom is -0.497 e. The van der Waals surface area contributed by atoms with Crippen molar-refractivity contribution in [3.05, 3.63) is 64.0 Å². The zero-order valence-corrected chi connectivity index (χ0v) is 20.9. The van der Waals surface area contributed by atoms with Crippen LogP contribution in [-0.4, -0.2) is 63.9 Å². The molecule has 0 radical (unpaired) electrons. The van der Waals surface area contributed by atoms with E-state index in [1.165, 1.54) is 16.4 Å². The van der Waals surface area contributed by atoms with E-state index in [9.17, 15) is 18.0 Å². The Hall–Kier alpha value is -3.21. The third-order valence-electron chi connectivity index (χ3n) is 6.33. The molecule has 186 valence electrons. The number of carbonyl (C=O) groups excluding carboxylic acids is 1. The van der Waals surface area contributed by atoms with Gasteiger partial charge in [0.05, 0.1) is 12.0 Å². The molecule has 0 spiro atoms. The SMILES string of the molecule is COc1ccc2c(C)c(CCC(=O)Nc3ccc(S(=O)(=O)N4CCN(C)CC4)cc3)c(=O)oc2c1. The number of carbonyl (C=O) groups is 1. The van der Waals surface area contributed by atoms with E-state index in [-0.39, 0.29) is 23.6 Å². The highest BCUT2D eigenvalue weighted by Crippen LogP contribution is 2.25. The van der Waals surface area contributed by atoms with Crippen molar-refractivity contribution >= 4 is 32.6 Å². The number of nitrogens with zero attached hydrogens (tertiary/aromatic N) is 2. The minimum atomic E-state index is -3.57. The minimum absolute atomic E-state index is 0.0780. The molecule has 0 saturated carbocycles. The van der Waals surface area contributed by atoms with E-state index in [2.05, 4.69) is 10.2 Å². The second-order valence-electron chi connectivity index (χ2n) is 8.64. The summed E-state index contributed by atoms with van der Waals surface area (Å²) in [5, 5.41) is 3.55. The third kappa shape index (κ3) is 5.39. The Morgan fingerprint density at radius 2 is 1.77 bits per heavy atom. The van der Waals surface area contributed by atoms with Gasteiger partial charge in [-0.3, -0.25) is 4.79 Å². The van der Waals surface area contributed by atoms with Crippen molar-refractivity contribution in [1.82, 2.24) is 9.21 Å². The molecule has 1 amide bonds. The molecule has 1 fully saturated rings. The number of fused-ring (bicyclic) bond motifs is 1. The fourth-order valence-corrected chi connectivity index (χ4v) is 5.56. The number of likely N-dealkylation sites (N-methyl/N-ethyl adjacent to an activating group) is 1. The molecule has 1 aromatic heterocycles. The van der Waals surface area contributed by atoms with Gasteiger partial charge >= 0.3 is 5.63 Å². The van der Waals surface area contributed by atoms with Crippen molar-refractivity contribution in [2.24, 2.45) is 0 Å². The first-order valence-electron chi connectivity index (χ1n) is 11.4. The molecule has 1 aliphatic rings. The summed E-state index contributed by atoms with van der Waals surface area (Å²) in [5.41, 5.74) is 1.67. The van der Waals surface area contributed by atoms with E-state index in [4.69, 9.17) is 9.15 Å². The van der Waals surface area contributed by atoms with Crippen LogP contribution in [0, 0.1) is 6.92 Å².